The number of benzene rings is 1. The third-order valence-corrected chi connectivity index (χ3v) is 4.57. The number of amides is 1. The van der Waals surface area contributed by atoms with Gasteiger partial charge < -0.3 is 15.0 Å². The van der Waals surface area contributed by atoms with Crippen molar-refractivity contribution in [2.45, 2.75) is 32.6 Å². The lowest BCUT2D eigenvalue weighted by atomic mass is 10.1. The predicted octanol–water partition coefficient (Wildman–Crippen LogP) is 3.07. The molecule has 3 rings (SSSR count). The molecule has 0 atom stereocenters. The zero-order valence-electron chi connectivity index (χ0n) is 15.5. The van der Waals surface area contributed by atoms with E-state index >= 15 is 0 Å². The lowest BCUT2D eigenvalue weighted by Gasteiger charge is -2.26. The molecule has 0 radical (unpaired) electrons. The highest BCUT2D eigenvalue weighted by atomic mass is 16.5. The van der Waals surface area contributed by atoms with Crippen LogP contribution in [-0.4, -0.2) is 47.5 Å². The molecule has 6 nitrogen and oxygen atoms in total. The lowest BCUT2D eigenvalue weighted by Crippen LogP contribution is -2.36. The summed E-state index contributed by atoms with van der Waals surface area (Å²) in [6.45, 7) is 4.24. The summed E-state index contributed by atoms with van der Waals surface area (Å²) in [5.41, 5.74) is 2.48. The average molecular weight is 354 g/mol. The second-order valence-corrected chi connectivity index (χ2v) is 6.60. The Morgan fingerprint density at radius 3 is 2.58 bits per heavy atom. The topological polar surface area (TPSA) is 67.3 Å². The summed E-state index contributed by atoms with van der Waals surface area (Å²) < 4.78 is 5.17. The number of hydrogen-bond acceptors (Lipinski definition) is 5. The Balaban J connectivity index is 1.60. The van der Waals surface area contributed by atoms with Crippen LogP contribution in [0.5, 0.6) is 5.75 Å². The maximum Gasteiger partial charge on any atom is 0.272 e. The van der Waals surface area contributed by atoms with Crippen LogP contribution >= 0.6 is 0 Å². The average Bonchev–Trinajstić information content (AvgIpc) is 2.68. The molecule has 26 heavy (non-hydrogen) atoms. The molecule has 1 fully saturated rings. The molecule has 2 aromatic rings. The fraction of sp³-hybridized carbons (Fsp3) is 0.450. The number of carbonyl (C=O) groups excluding carboxylic acids is 1. The number of hydrogen-bond donors (Lipinski definition) is 1. The molecule has 1 saturated heterocycles. The highest BCUT2D eigenvalue weighted by Gasteiger charge is 2.20. The molecule has 1 amide bonds. The van der Waals surface area contributed by atoms with Gasteiger partial charge in [-0.2, -0.15) is 0 Å². The minimum Gasteiger partial charge on any atom is -0.497 e. The van der Waals surface area contributed by atoms with E-state index in [9.17, 15) is 4.79 Å². The van der Waals surface area contributed by atoms with Gasteiger partial charge in [0.1, 0.15) is 11.4 Å². The Morgan fingerprint density at radius 2 is 1.88 bits per heavy atom. The van der Waals surface area contributed by atoms with Gasteiger partial charge in [0.2, 0.25) is 5.95 Å². The fourth-order valence-corrected chi connectivity index (χ4v) is 3.13. The monoisotopic (exact) mass is 354 g/mol. The highest BCUT2D eigenvalue weighted by molar-refractivity contribution is 5.92. The molecule has 1 aliphatic heterocycles. The maximum atomic E-state index is 12.7. The molecule has 1 aliphatic rings. The molecular formula is C20H26N4O2. The van der Waals surface area contributed by atoms with Crippen LogP contribution < -0.4 is 10.1 Å². The van der Waals surface area contributed by atoms with Gasteiger partial charge in [-0.15, -0.1) is 0 Å². The van der Waals surface area contributed by atoms with Gasteiger partial charge >= 0.3 is 0 Å². The van der Waals surface area contributed by atoms with Crippen LogP contribution in [0, 0.1) is 6.92 Å². The van der Waals surface area contributed by atoms with Crippen LogP contribution in [-0.2, 0) is 6.42 Å². The minimum absolute atomic E-state index is 0.00778. The molecular weight excluding hydrogens is 328 g/mol. The fourth-order valence-electron chi connectivity index (χ4n) is 3.13. The van der Waals surface area contributed by atoms with Gasteiger partial charge in [-0.25, -0.2) is 9.97 Å². The van der Waals surface area contributed by atoms with E-state index in [4.69, 9.17) is 4.74 Å². The van der Waals surface area contributed by atoms with Gasteiger partial charge in [0.05, 0.1) is 7.11 Å². The minimum atomic E-state index is 0.00778. The number of nitrogens with zero attached hydrogens (tertiary/aromatic N) is 3. The van der Waals surface area contributed by atoms with Crippen molar-refractivity contribution in [1.82, 2.24) is 14.9 Å². The number of methoxy groups -OCH3 is 1. The summed E-state index contributed by atoms with van der Waals surface area (Å²) in [5, 5.41) is 3.24. The van der Waals surface area contributed by atoms with Gasteiger partial charge in [-0.05, 0) is 56.4 Å². The SMILES string of the molecule is COc1ccc(CCNc2nc(C)cc(C(=O)N3CCCCC3)n2)cc1. The number of rotatable bonds is 6. The van der Waals surface area contributed by atoms with Gasteiger partial charge in [0.25, 0.3) is 5.91 Å². The van der Waals surface area contributed by atoms with E-state index in [1.165, 1.54) is 12.0 Å². The highest BCUT2D eigenvalue weighted by Crippen LogP contribution is 2.14. The van der Waals surface area contributed by atoms with E-state index in [1.807, 2.05) is 36.1 Å². The van der Waals surface area contributed by atoms with Crippen LogP contribution in [0.25, 0.3) is 0 Å². The maximum absolute atomic E-state index is 12.7. The van der Waals surface area contributed by atoms with Crippen molar-refractivity contribution in [3.63, 3.8) is 0 Å². The molecule has 0 aliphatic carbocycles. The first-order valence-electron chi connectivity index (χ1n) is 9.17. The normalized spacial score (nSPS) is 14.2. The van der Waals surface area contributed by atoms with Crippen molar-refractivity contribution in [3.8, 4) is 5.75 Å². The molecule has 138 valence electrons. The Bertz CT molecular complexity index is 740. The first kappa shape index (κ1) is 18.2. The Morgan fingerprint density at radius 1 is 1.15 bits per heavy atom. The molecule has 2 heterocycles. The summed E-state index contributed by atoms with van der Waals surface area (Å²) in [6.07, 6.45) is 4.19. The summed E-state index contributed by atoms with van der Waals surface area (Å²) in [6, 6.07) is 9.76. The van der Waals surface area contributed by atoms with Gasteiger partial charge in [0.15, 0.2) is 0 Å². The molecule has 0 bridgehead atoms. The molecule has 0 saturated carbocycles. The van der Waals surface area contributed by atoms with Crippen LogP contribution in [0.4, 0.5) is 5.95 Å². The van der Waals surface area contributed by atoms with Crippen molar-refractivity contribution in [3.05, 3.63) is 47.3 Å². The summed E-state index contributed by atoms with van der Waals surface area (Å²) in [4.78, 5) is 23.4. The third-order valence-electron chi connectivity index (χ3n) is 4.57. The number of ether oxygens (including phenoxy) is 1. The molecule has 0 spiro atoms. The quantitative estimate of drug-likeness (QED) is 0.863. The van der Waals surface area contributed by atoms with E-state index in [0.29, 0.717) is 18.2 Å². The number of likely N-dealkylation sites (tertiary alicyclic amines) is 1. The summed E-state index contributed by atoms with van der Waals surface area (Å²) >= 11 is 0. The van der Waals surface area contributed by atoms with Crippen LogP contribution in [0.3, 0.4) is 0 Å². The molecule has 1 aromatic carbocycles. The molecule has 1 aromatic heterocycles. The smallest absolute Gasteiger partial charge is 0.272 e. The second-order valence-electron chi connectivity index (χ2n) is 6.60. The van der Waals surface area contributed by atoms with E-state index in [0.717, 1.165) is 43.8 Å². The molecule has 0 unspecified atom stereocenters. The van der Waals surface area contributed by atoms with Crippen molar-refractivity contribution in [2.24, 2.45) is 0 Å². The van der Waals surface area contributed by atoms with Crippen LogP contribution in [0.1, 0.15) is 41.0 Å². The number of aryl methyl sites for hydroxylation is 1. The van der Waals surface area contributed by atoms with Crippen molar-refractivity contribution in [1.29, 1.82) is 0 Å². The first-order valence-corrected chi connectivity index (χ1v) is 9.17. The zero-order valence-corrected chi connectivity index (χ0v) is 15.5. The van der Waals surface area contributed by atoms with Crippen molar-refractivity contribution >= 4 is 11.9 Å². The standard InChI is InChI=1S/C20H26N4O2/c1-15-14-18(19(25)24-12-4-3-5-13-24)23-20(22-15)21-11-10-16-6-8-17(26-2)9-7-16/h6-9,14H,3-5,10-13H2,1-2H3,(H,21,22,23). The number of piperidine rings is 1. The van der Waals surface area contributed by atoms with E-state index in [-0.39, 0.29) is 5.91 Å². The van der Waals surface area contributed by atoms with Crippen molar-refractivity contribution < 1.29 is 9.53 Å². The van der Waals surface area contributed by atoms with E-state index in [1.54, 1.807) is 13.2 Å². The third kappa shape index (κ3) is 4.71. The Kier molecular flexibility index (Phi) is 6.04. The van der Waals surface area contributed by atoms with Gasteiger partial charge in [-0.3, -0.25) is 4.79 Å². The lowest BCUT2D eigenvalue weighted by molar-refractivity contribution is 0.0718. The van der Waals surface area contributed by atoms with E-state index in [2.05, 4.69) is 15.3 Å². The molecule has 1 N–H and O–H groups in total. The number of nitrogens with one attached hydrogen (secondary N) is 1. The largest absolute Gasteiger partial charge is 0.497 e. The number of carbonyl (C=O) groups is 1. The van der Waals surface area contributed by atoms with Crippen LogP contribution in [0.15, 0.2) is 30.3 Å². The van der Waals surface area contributed by atoms with Gasteiger partial charge in [-0.1, -0.05) is 12.1 Å². The van der Waals surface area contributed by atoms with Crippen molar-refractivity contribution in [2.75, 3.05) is 32.1 Å². The second kappa shape index (κ2) is 8.65. The number of aromatic nitrogens is 2. The number of anilines is 1. The van der Waals surface area contributed by atoms with Crippen LogP contribution in [0.2, 0.25) is 0 Å². The predicted molar refractivity (Wildman–Crippen MR) is 102 cm³/mol. The Hall–Kier alpha value is -2.63. The molecule has 6 heteroatoms. The Labute approximate surface area is 154 Å². The van der Waals surface area contributed by atoms with Gasteiger partial charge in [0, 0.05) is 25.3 Å². The zero-order chi connectivity index (χ0) is 18.4. The summed E-state index contributed by atoms with van der Waals surface area (Å²) in [5.74, 6) is 1.37. The summed E-state index contributed by atoms with van der Waals surface area (Å²) in [7, 11) is 1.66. The van der Waals surface area contributed by atoms with E-state index < -0.39 is 0 Å². The first-order chi connectivity index (χ1) is 12.7.